The standard InChI is InChI=1S/C19H17P.C18H14P.C15H16.C14H13.C5H8N2O4.C5H12N2.C5H10N.C3H4N2O3.4C2H6.4CH3.4Y/c1-16-12-14-19(15-13-16)20(17-8-4-2-5-9-17)18-10-6-3-7-11-18;1-4-10-16(11-5-1)19(17-12-6-2-7-13-17)18-14-8-3-9-15-18;1-15(2,13-9-5-3-6-10-13)14-11-7-4-8-12-14;1-12(13-8-4-2-5-9-13)14-10-6-3-7-11-14;1-3-11-5(9)7-6-4(8)10-2;1-7-4-2-6-3-5-7;1-2-4-6-5-3-1;1-2(6)4-5-3(7)8;4*1-2;;;;;;;;/h2-15H,1H3;1-2,4-15H;3-12H,1-2H3;2-11H,1H3;3H2,1-2H3;6H,2-5H2,1H3;1-5H2;1H3,(H,7,8);4*1-2H3;4*1H3;;;;/q;-1;;-1;;;-1;;;;;;4*-1;;;;. The number of nitrogens with zero attached hydrogens (tertiary/aromatic N) is 6. The molecule has 2 aliphatic rings. The number of hydrogen-bond acceptors (Lipinski definition) is 8. The summed E-state index contributed by atoms with van der Waals surface area (Å²) in [6.45, 7) is 34.7. The fourth-order valence-electron chi connectivity index (χ4n) is 9.74. The summed E-state index contributed by atoms with van der Waals surface area (Å²) >= 11 is 0. The van der Waals surface area contributed by atoms with Crippen molar-refractivity contribution in [3.05, 3.63) is 366 Å². The quantitative estimate of drug-likeness (QED) is 0.0722. The molecule has 20 heteroatoms. The summed E-state index contributed by atoms with van der Waals surface area (Å²) in [5, 5.41) is 34.5. The van der Waals surface area contributed by atoms with Crippen LogP contribution < -0.4 is 37.1 Å². The van der Waals surface area contributed by atoms with Gasteiger partial charge in [0.05, 0.1) is 13.7 Å². The summed E-state index contributed by atoms with van der Waals surface area (Å²) in [6.07, 6.45) is 0.778. The molecule has 0 saturated carbocycles. The van der Waals surface area contributed by atoms with Gasteiger partial charge in [0, 0.05) is 169 Å². The van der Waals surface area contributed by atoms with E-state index in [0.717, 1.165) is 40.2 Å². The number of hydrogen-bond donors (Lipinski definition) is 2. The van der Waals surface area contributed by atoms with Crippen molar-refractivity contribution < 1.29 is 165 Å². The maximum Gasteiger partial charge on any atom is 0.452 e. The van der Waals surface area contributed by atoms with E-state index in [1.807, 2.05) is 79.7 Å². The number of carbonyl (C=O) groups excluding carboxylic acids is 3. The van der Waals surface area contributed by atoms with Crippen LogP contribution in [-0.2, 0) is 151 Å². The zero-order valence-corrected chi connectivity index (χ0v) is 86.2. The summed E-state index contributed by atoms with van der Waals surface area (Å²) in [5.74, 6) is 0.707. The van der Waals surface area contributed by atoms with Crippen LogP contribution in [0.1, 0.15) is 137 Å². The molecular formula is C96H130N7O7P2Y4-7. The van der Waals surface area contributed by atoms with Crippen molar-refractivity contribution in [1.29, 1.82) is 0 Å². The van der Waals surface area contributed by atoms with Gasteiger partial charge >= 0.3 is 18.3 Å². The van der Waals surface area contributed by atoms with Crippen LogP contribution in [0, 0.1) is 48.6 Å². The first-order valence-corrected chi connectivity index (χ1v) is 40.0. The van der Waals surface area contributed by atoms with Crippen molar-refractivity contribution in [2.24, 2.45) is 20.5 Å². The second-order valence-corrected chi connectivity index (χ2v) is 27.4. The molecule has 2 N–H and O–H groups in total. The van der Waals surface area contributed by atoms with E-state index in [-0.39, 0.29) is 173 Å². The Hall–Kier alpha value is -5.49. The van der Waals surface area contributed by atoms with Crippen LogP contribution >= 0.6 is 15.8 Å². The third kappa shape index (κ3) is 56.1. The fourth-order valence-corrected chi connectivity index (χ4v) is 14.3. The first-order chi connectivity index (χ1) is 52.6. The largest absolute Gasteiger partial charge is 0.662 e. The predicted octanol–water partition coefficient (Wildman–Crippen LogP) is 23.7. The van der Waals surface area contributed by atoms with E-state index in [9.17, 15) is 19.2 Å². The van der Waals surface area contributed by atoms with Gasteiger partial charge in [-0.1, -0.05) is 359 Å². The summed E-state index contributed by atoms with van der Waals surface area (Å²) in [4.78, 5) is 42.2. The van der Waals surface area contributed by atoms with E-state index in [0.29, 0.717) is 0 Å². The molecule has 0 atom stereocenters. The smallest absolute Gasteiger partial charge is 0.452 e. The Labute approximate surface area is 805 Å². The fraction of sp³-hybridized carbons (Fsp3) is 0.281. The zero-order chi connectivity index (χ0) is 79.8. The van der Waals surface area contributed by atoms with Crippen LogP contribution in [0.2, 0.25) is 0 Å². The molecule has 14 nitrogen and oxygen atoms in total. The number of carboxylic acid groups (broad SMARTS) is 1. The Morgan fingerprint density at radius 1 is 0.466 bits per heavy atom. The van der Waals surface area contributed by atoms with Gasteiger partial charge in [0.2, 0.25) is 0 Å². The first-order valence-electron chi connectivity index (χ1n) is 37.3. The van der Waals surface area contributed by atoms with E-state index < -0.39 is 40.0 Å². The molecule has 2 aliphatic heterocycles. The minimum absolute atomic E-state index is 0. The van der Waals surface area contributed by atoms with Gasteiger partial charge in [-0.25, -0.2) is 14.4 Å². The molecule has 2 fully saturated rings. The number of methoxy groups -OCH3 is 1. The molecular weight excluding hydrogens is 1780 g/mol. The maximum atomic E-state index is 10.4. The normalized spacial score (nSPS) is 10.8. The Kier molecular flexibility index (Phi) is 90.4. The molecule has 116 heavy (non-hydrogen) atoms. The van der Waals surface area contributed by atoms with Gasteiger partial charge in [0.15, 0.2) is 0 Å². The van der Waals surface area contributed by atoms with Crippen molar-refractivity contribution in [3.8, 4) is 0 Å². The first kappa shape index (κ1) is 126. The molecule has 0 unspecified atom stereocenters. The van der Waals surface area contributed by atoms with Gasteiger partial charge in [-0.15, -0.1) is 64.8 Å². The van der Waals surface area contributed by atoms with E-state index in [4.69, 9.17) is 5.11 Å². The van der Waals surface area contributed by atoms with E-state index in [1.165, 1.54) is 97.9 Å². The molecule has 12 rings (SSSR count). The molecule has 2 saturated heterocycles. The second-order valence-electron chi connectivity index (χ2n) is 23.0. The number of amides is 4. The Balaban J connectivity index is -0.000000192. The monoisotopic (exact) mass is 1910 g/mol. The molecule has 10 aromatic carbocycles. The van der Waals surface area contributed by atoms with E-state index in [1.54, 1.807) is 6.92 Å². The van der Waals surface area contributed by atoms with Crippen molar-refractivity contribution in [2.75, 3.05) is 60.0 Å². The van der Waals surface area contributed by atoms with Gasteiger partial charge < -0.3 is 59.8 Å². The number of rotatable bonds is 11. The molecule has 0 aromatic heterocycles. The Morgan fingerprint density at radius 3 is 1.03 bits per heavy atom. The summed E-state index contributed by atoms with van der Waals surface area (Å²) < 4.78 is 8.40. The van der Waals surface area contributed by atoms with Crippen LogP contribution in [0.15, 0.2) is 312 Å². The molecule has 10 aromatic rings. The number of piperazine rings is 1. The average molecular weight is 1910 g/mol. The van der Waals surface area contributed by atoms with Gasteiger partial charge in [-0.3, -0.25) is 4.79 Å². The third-order valence-electron chi connectivity index (χ3n) is 15.1. The van der Waals surface area contributed by atoms with Crippen molar-refractivity contribution in [2.45, 2.75) is 122 Å². The number of azo groups is 2. The summed E-state index contributed by atoms with van der Waals surface area (Å²) in [7, 11) is 2.36. The minimum atomic E-state index is -1.46. The number of likely N-dealkylation sites (N-methyl/N-ethyl adjacent to an activating group) is 1. The molecule has 0 aliphatic carbocycles. The number of piperidine rings is 1. The number of ether oxygens (including phenoxy) is 2. The predicted molar refractivity (Wildman–Crippen MR) is 485 cm³/mol. The molecule has 0 spiro atoms. The van der Waals surface area contributed by atoms with Crippen molar-refractivity contribution >= 4 is 71.9 Å². The van der Waals surface area contributed by atoms with Crippen LogP contribution in [0.5, 0.6) is 0 Å². The maximum absolute atomic E-state index is 10.4. The number of carbonyl (C=O) groups is 4. The van der Waals surface area contributed by atoms with Crippen molar-refractivity contribution in [3.63, 3.8) is 0 Å². The summed E-state index contributed by atoms with van der Waals surface area (Å²) in [6, 6.07) is 106. The summed E-state index contributed by atoms with van der Waals surface area (Å²) in [5.41, 5.74) is 6.69. The van der Waals surface area contributed by atoms with Crippen LogP contribution in [0.25, 0.3) is 5.32 Å². The second kappa shape index (κ2) is 83.2. The third-order valence-corrected chi connectivity index (χ3v) is 20.0. The number of benzene rings is 10. The Morgan fingerprint density at radius 2 is 0.767 bits per heavy atom. The van der Waals surface area contributed by atoms with Gasteiger partial charge in [-0.2, -0.15) is 30.3 Å². The van der Waals surface area contributed by atoms with Gasteiger partial charge in [0.25, 0.3) is 5.91 Å². The van der Waals surface area contributed by atoms with Crippen LogP contribution in [-0.4, -0.2) is 94.2 Å². The Bertz CT molecular complexity index is 3650. The van der Waals surface area contributed by atoms with E-state index in [2.05, 4.69) is 353 Å². The topological polar surface area (TPSA) is 186 Å². The SMILES string of the molecule is C1CC[N-]CC1.CC.CC.CC.CC.CC(=O)N=NC(=O)O.CC(C)(c1ccccc1)c1ccccc1.CCOC(=O)N=NC(=O)OC.CN1CCNCC1.C[C-](c1ccccc1)c1ccccc1.Cc1ccc(P(c2ccccc2)c2ccccc2)cc1.[CH3-].[CH3-].[CH3-].[CH3-].[Y].[Y].[Y].[Y].[c-]1ccc(P(c2ccccc2)c2ccccc2)cc1. The zero-order valence-electron chi connectivity index (χ0n) is 73.1. The number of nitrogens with one attached hydrogen (secondary N) is 1. The molecule has 0 bridgehead atoms. The molecule has 4 amide bonds. The van der Waals surface area contributed by atoms with Crippen LogP contribution in [0.3, 0.4) is 0 Å². The number of aryl methyl sites for hydroxylation is 1. The van der Waals surface area contributed by atoms with Crippen molar-refractivity contribution in [1.82, 2.24) is 10.2 Å². The molecule has 2 heterocycles. The average Bonchev–Trinajstić information content (AvgIpc) is 0.832. The van der Waals surface area contributed by atoms with E-state index >= 15 is 0 Å². The van der Waals surface area contributed by atoms with Gasteiger partial charge in [-0.05, 0) is 74.4 Å². The van der Waals surface area contributed by atoms with Gasteiger partial charge in [0.1, 0.15) is 0 Å². The molecule has 4 radical (unpaired) electrons. The minimum Gasteiger partial charge on any atom is -0.662 e. The molecule has 620 valence electrons. The van der Waals surface area contributed by atoms with Crippen LogP contribution in [0.4, 0.5) is 14.4 Å².